The summed E-state index contributed by atoms with van der Waals surface area (Å²) >= 11 is 5.87. The Morgan fingerprint density at radius 2 is 1.70 bits per heavy atom. The van der Waals surface area contributed by atoms with Gasteiger partial charge in [0.2, 0.25) is 0 Å². The summed E-state index contributed by atoms with van der Waals surface area (Å²) < 4.78 is 54.3. The van der Waals surface area contributed by atoms with Crippen LogP contribution >= 0.6 is 11.6 Å². The number of halogens is 3. The first-order valence-electron chi connectivity index (χ1n) is 9.31. The average molecular weight is 465 g/mol. The quantitative estimate of drug-likeness (QED) is 0.598. The first-order valence-corrected chi connectivity index (χ1v) is 11.2. The molecule has 0 aromatic heterocycles. The molecule has 156 valence electrons. The number of benzene rings is 2. The number of carbonyl (C=O) groups is 1. The largest absolute Gasteiger partial charge is 1.00 e. The van der Waals surface area contributed by atoms with E-state index in [2.05, 4.69) is 0 Å². The third-order valence-electron chi connectivity index (χ3n) is 5.73. The van der Waals surface area contributed by atoms with Crippen LogP contribution in [0.25, 0.3) is 0 Å². The van der Waals surface area contributed by atoms with Crippen LogP contribution in [-0.4, -0.2) is 14.4 Å². The molecule has 0 N–H and O–H groups in total. The first kappa shape index (κ1) is 25.3. The SMILES string of the molecule is O=C([O-])CCC1CCC(c2cc(F)ccc2F)(S(=O)(=O)c2ccc(Cl)cc2)CC1.[Na+]. The van der Waals surface area contributed by atoms with Crippen LogP contribution in [0.3, 0.4) is 0 Å². The minimum Gasteiger partial charge on any atom is -0.550 e. The number of hydrogen-bond donors (Lipinski definition) is 0. The van der Waals surface area contributed by atoms with E-state index in [1.807, 2.05) is 0 Å². The maximum Gasteiger partial charge on any atom is 1.00 e. The van der Waals surface area contributed by atoms with Gasteiger partial charge in [0.15, 0.2) is 9.84 Å². The minimum atomic E-state index is -4.08. The molecule has 0 radical (unpaired) electrons. The van der Waals surface area contributed by atoms with Crippen molar-refractivity contribution in [2.24, 2.45) is 5.92 Å². The third kappa shape index (κ3) is 5.07. The molecule has 0 unspecified atom stereocenters. The topological polar surface area (TPSA) is 74.3 Å². The van der Waals surface area contributed by atoms with Crippen molar-refractivity contribution in [3.05, 3.63) is 64.7 Å². The Morgan fingerprint density at radius 1 is 1.10 bits per heavy atom. The molecule has 0 spiro atoms. The number of carboxylic acid groups (broad SMARTS) is 1. The van der Waals surface area contributed by atoms with Gasteiger partial charge in [-0.05, 0) is 86.9 Å². The summed E-state index contributed by atoms with van der Waals surface area (Å²) in [5, 5.41) is 11.1. The summed E-state index contributed by atoms with van der Waals surface area (Å²) in [6, 6.07) is 8.44. The Bertz CT molecular complexity index is 1000. The van der Waals surface area contributed by atoms with Crippen LogP contribution in [0.15, 0.2) is 47.4 Å². The Hall–Kier alpha value is -0.990. The number of sulfone groups is 1. The Morgan fingerprint density at radius 3 is 2.27 bits per heavy atom. The van der Waals surface area contributed by atoms with E-state index in [1.165, 1.54) is 24.3 Å². The molecule has 1 aliphatic carbocycles. The zero-order valence-electron chi connectivity index (χ0n) is 16.5. The second-order valence-corrected chi connectivity index (χ2v) is 10.1. The van der Waals surface area contributed by atoms with E-state index < -0.39 is 32.2 Å². The van der Waals surface area contributed by atoms with Gasteiger partial charge in [-0.15, -0.1) is 0 Å². The summed E-state index contributed by atoms with van der Waals surface area (Å²) in [5.74, 6) is -2.67. The summed E-state index contributed by atoms with van der Waals surface area (Å²) in [6.45, 7) is 0. The summed E-state index contributed by atoms with van der Waals surface area (Å²) in [4.78, 5) is 10.7. The van der Waals surface area contributed by atoms with Gasteiger partial charge in [-0.3, -0.25) is 0 Å². The molecular weight excluding hydrogens is 445 g/mol. The molecule has 0 amide bonds. The molecule has 1 saturated carbocycles. The Kier molecular flexibility index (Phi) is 8.50. The van der Waals surface area contributed by atoms with Crippen molar-refractivity contribution in [3.8, 4) is 0 Å². The van der Waals surface area contributed by atoms with E-state index in [1.54, 1.807) is 0 Å². The molecule has 2 aromatic rings. The predicted octanol–water partition coefficient (Wildman–Crippen LogP) is 1.01. The summed E-state index contributed by atoms with van der Waals surface area (Å²) in [5.41, 5.74) is -0.189. The van der Waals surface area contributed by atoms with Gasteiger partial charge in [-0.1, -0.05) is 11.6 Å². The monoisotopic (exact) mass is 464 g/mol. The van der Waals surface area contributed by atoms with Gasteiger partial charge >= 0.3 is 29.6 Å². The molecule has 30 heavy (non-hydrogen) atoms. The molecule has 0 atom stereocenters. The maximum absolute atomic E-state index is 14.7. The average Bonchev–Trinajstić information content (AvgIpc) is 2.69. The van der Waals surface area contributed by atoms with E-state index in [4.69, 9.17) is 11.6 Å². The fraction of sp³-hybridized carbons (Fsp3) is 0.381. The van der Waals surface area contributed by atoms with E-state index in [0.717, 1.165) is 18.2 Å². The number of rotatable bonds is 6. The number of aliphatic carboxylic acids is 1. The van der Waals surface area contributed by atoms with E-state index in [9.17, 15) is 27.1 Å². The molecule has 1 aliphatic rings. The van der Waals surface area contributed by atoms with Gasteiger partial charge in [0.25, 0.3) is 0 Å². The molecule has 0 aliphatic heterocycles. The van der Waals surface area contributed by atoms with E-state index >= 15 is 0 Å². The van der Waals surface area contributed by atoms with Gasteiger partial charge in [0.05, 0.1) is 4.90 Å². The molecular formula is C21H20ClF2NaO4S. The van der Waals surface area contributed by atoms with Crippen LogP contribution < -0.4 is 34.7 Å². The summed E-state index contributed by atoms with van der Waals surface area (Å²) in [7, 11) is -4.08. The molecule has 1 fully saturated rings. The van der Waals surface area contributed by atoms with E-state index in [-0.39, 0.29) is 65.2 Å². The second kappa shape index (κ2) is 10.1. The second-order valence-electron chi connectivity index (χ2n) is 7.43. The van der Waals surface area contributed by atoms with Crippen molar-refractivity contribution in [3.63, 3.8) is 0 Å². The molecule has 9 heteroatoms. The molecule has 3 rings (SSSR count). The van der Waals surface area contributed by atoms with Gasteiger partial charge in [-0.2, -0.15) is 0 Å². The molecule has 0 heterocycles. The number of carboxylic acids is 1. The van der Waals surface area contributed by atoms with Crippen molar-refractivity contribution in [1.29, 1.82) is 0 Å². The van der Waals surface area contributed by atoms with Gasteiger partial charge in [-0.25, -0.2) is 17.2 Å². The van der Waals surface area contributed by atoms with Crippen LogP contribution in [0.4, 0.5) is 8.78 Å². The van der Waals surface area contributed by atoms with Gasteiger partial charge in [0, 0.05) is 16.6 Å². The van der Waals surface area contributed by atoms with Crippen molar-refractivity contribution in [1.82, 2.24) is 0 Å². The van der Waals surface area contributed by atoms with Crippen molar-refractivity contribution >= 4 is 27.4 Å². The van der Waals surface area contributed by atoms with Crippen LogP contribution in [0.1, 0.15) is 44.1 Å². The van der Waals surface area contributed by atoms with Crippen LogP contribution in [-0.2, 0) is 19.4 Å². The standard InChI is InChI=1S/C21H21ClF2O4S.Na/c22-15-2-5-17(6-3-15)29(27,28)21(18-13-16(23)4-7-19(18)24)11-9-14(10-12-21)1-8-20(25)26;/h2-7,13-14H,1,8-12H2,(H,25,26);/q;+1/p-1. The fourth-order valence-electron chi connectivity index (χ4n) is 4.12. The smallest absolute Gasteiger partial charge is 0.550 e. The zero-order chi connectivity index (χ0) is 21.2. The number of carbonyl (C=O) groups excluding carboxylic acids is 1. The Balaban J connectivity index is 0.00000320. The van der Waals surface area contributed by atoms with E-state index in [0.29, 0.717) is 24.3 Å². The molecule has 0 bridgehead atoms. The zero-order valence-corrected chi connectivity index (χ0v) is 20.1. The van der Waals surface area contributed by atoms with Gasteiger partial charge < -0.3 is 9.90 Å². The predicted molar refractivity (Wildman–Crippen MR) is 103 cm³/mol. The first-order chi connectivity index (χ1) is 13.7. The number of hydrogen-bond acceptors (Lipinski definition) is 4. The normalized spacial score (nSPS) is 21.6. The molecule has 0 saturated heterocycles. The fourth-order valence-corrected chi connectivity index (χ4v) is 6.41. The summed E-state index contributed by atoms with van der Waals surface area (Å²) in [6.07, 6.45) is 1.15. The van der Waals surface area contributed by atoms with Crippen molar-refractivity contribution in [2.75, 3.05) is 0 Å². The van der Waals surface area contributed by atoms with Crippen LogP contribution in [0.5, 0.6) is 0 Å². The maximum atomic E-state index is 14.7. The minimum absolute atomic E-state index is 0. The molecule has 4 nitrogen and oxygen atoms in total. The van der Waals surface area contributed by atoms with Crippen molar-refractivity contribution < 1.29 is 56.7 Å². The van der Waals surface area contributed by atoms with Crippen LogP contribution in [0, 0.1) is 17.6 Å². The van der Waals surface area contributed by atoms with Gasteiger partial charge in [0.1, 0.15) is 16.4 Å². The Labute approximate surface area is 201 Å². The van der Waals surface area contributed by atoms with Crippen LogP contribution in [0.2, 0.25) is 5.02 Å². The van der Waals surface area contributed by atoms with Crippen molar-refractivity contribution in [2.45, 2.75) is 48.2 Å². The third-order valence-corrected chi connectivity index (χ3v) is 8.53. The molecule has 2 aromatic carbocycles.